The third-order valence-corrected chi connectivity index (χ3v) is 3.39. The van der Waals surface area contributed by atoms with Crippen molar-refractivity contribution in [2.75, 3.05) is 0 Å². The molecule has 0 aliphatic carbocycles. The molecule has 1 aliphatic heterocycles. The average Bonchev–Trinajstić information content (AvgIpc) is 2.48. The summed E-state index contributed by atoms with van der Waals surface area (Å²) in [5.74, 6) is 0.215. The molecule has 1 heterocycles. The number of benzene rings is 1. The zero-order chi connectivity index (χ0) is 12.3. The Kier molecular flexibility index (Phi) is 4.08. The van der Waals surface area contributed by atoms with Gasteiger partial charge in [-0.15, -0.1) is 0 Å². The predicted molar refractivity (Wildman–Crippen MR) is 74.3 cm³/mol. The first-order valence-electron chi connectivity index (χ1n) is 5.62. The van der Waals surface area contributed by atoms with E-state index in [9.17, 15) is 0 Å². The maximum absolute atomic E-state index is 6.21. The van der Waals surface area contributed by atoms with Gasteiger partial charge in [-0.3, -0.25) is 0 Å². The third kappa shape index (κ3) is 3.02. The Morgan fingerprint density at radius 3 is 2.65 bits per heavy atom. The summed E-state index contributed by atoms with van der Waals surface area (Å²) in [6, 6.07) is 9.97. The number of nitrogens with zero attached hydrogens (tertiary/aromatic N) is 1. The maximum Gasteiger partial charge on any atom is 0.197 e. The number of rotatable bonds is 2. The smallest absolute Gasteiger partial charge is 0.197 e. The van der Waals surface area contributed by atoms with Crippen LogP contribution in [-0.2, 0) is 0 Å². The van der Waals surface area contributed by atoms with E-state index in [0.717, 1.165) is 17.7 Å². The first-order chi connectivity index (χ1) is 8.20. The lowest BCUT2D eigenvalue weighted by Gasteiger charge is -2.16. The maximum atomic E-state index is 6.21. The standard InChI is InChI=1S/C13H14Cl2N2/c1-2-9-8-11(10-6-4-3-5-7-10)16-13(15)17-12(9)14/h3-9,12H,2H2,1H3,(H,16,17)/t9?,12-/m1/s1. The van der Waals surface area contributed by atoms with Crippen molar-refractivity contribution in [3.8, 4) is 0 Å². The molecule has 2 atom stereocenters. The molecule has 1 unspecified atom stereocenters. The molecule has 1 aromatic carbocycles. The SMILES string of the molecule is CCC1C=C(c2ccccc2)N=C(Cl)N[C@H]1Cl. The van der Waals surface area contributed by atoms with E-state index >= 15 is 0 Å². The van der Waals surface area contributed by atoms with Crippen LogP contribution in [0.1, 0.15) is 18.9 Å². The van der Waals surface area contributed by atoms with Crippen molar-refractivity contribution in [2.24, 2.45) is 10.9 Å². The number of aliphatic imine (C=N–C) groups is 1. The summed E-state index contributed by atoms with van der Waals surface area (Å²) >= 11 is 12.2. The molecular weight excluding hydrogens is 255 g/mol. The number of alkyl halides is 1. The van der Waals surface area contributed by atoms with E-state index in [0.29, 0.717) is 5.29 Å². The lowest BCUT2D eigenvalue weighted by atomic mass is 10.0. The zero-order valence-electron chi connectivity index (χ0n) is 9.53. The molecule has 2 nitrogen and oxygen atoms in total. The van der Waals surface area contributed by atoms with Crippen LogP contribution in [0.15, 0.2) is 41.4 Å². The first-order valence-corrected chi connectivity index (χ1v) is 6.44. The van der Waals surface area contributed by atoms with E-state index in [-0.39, 0.29) is 11.4 Å². The Morgan fingerprint density at radius 2 is 2.00 bits per heavy atom. The van der Waals surface area contributed by atoms with Gasteiger partial charge in [0.05, 0.1) is 5.70 Å². The number of amidine groups is 1. The molecule has 0 radical (unpaired) electrons. The molecule has 0 bridgehead atoms. The van der Waals surface area contributed by atoms with E-state index in [1.807, 2.05) is 30.3 Å². The van der Waals surface area contributed by atoms with Gasteiger partial charge in [-0.25, -0.2) is 4.99 Å². The largest absolute Gasteiger partial charge is 0.344 e. The minimum absolute atomic E-state index is 0.211. The Balaban J connectivity index is 2.39. The first kappa shape index (κ1) is 12.5. The van der Waals surface area contributed by atoms with Crippen LogP contribution in [-0.4, -0.2) is 10.8 Å². The van der Waals surface area contributed by atoms with Crippen LogP contribution in [0.3, 0.4) is 0 Å². The molecule has 1 aliphatic rings. The van der Waals surface area contributed by atoms with Crippen molar-refractivity contribution in [1.29, 1.82) is 0 Å². The van der Waals surface area contributed by atoms with Crippen LogP contribution < -0.4 is 5.32 Å². The van der Waals surface area contributed by atoms with Crippen LogP contribution in [0.2, 0.25) is 0 Å². The third-order valence-electron chi connectivity index (χ3n) is 2.76. The summed E-state index contributed by atoms with van der Waals surface area (Å²) in [6.07, 6.45) is 3.02. The quantitative estimate of drug-likeness (QED) is 0.640. The van der Waals surface area contributed by atoms with Gasteiger partial charge < -0.3 is 5.32 Å². The van der Waals surface area contributed by atoms with Gasteiger partial charge in [0, 0.05) is 5.92 Å². The van der Waals surface area contributed by atoms with Crippen LogP contribution >= 0.6 is 23.2 Å². The molecule has 0 saturated carbocycles. The van der Waals surface area contributed by atoms with Crippen molar-refractivity contribution < 1.29 is 0 Å². The molecule has 4 heteroatoms. The van der Waals surface area contributed by atoms with E-state index < -0.39 is 0 Å². The topological polar surface area (TPSA) is 24.4 Å². The lowest BCUT2D eigenvalue weighted by molar-refractivity contribution is 0.568. The molecular formula is C13H14Cl2N2. The highest BCUT2D eigenvalue weighted by molar-refractivity contribution is 6.65. The Labute approximate surface area is 111 Å². The fourth-order valence-corrected chi connectivity index (χ4v) is 2.40. The summed E-state index contributed by atoms with van der Waals surface area (Å²) in [5.41, 5.74) is 1.72. The van der Waals surface area contributed by atoms with E-state index in [4.69, 9.17) is 23.2 Å². The number of nitrogens with one attached hydrogen (secondary N) is 1. The molecule has 0 spiro atoms. The Hall–Kier alpha value is -0.990. The van der Waals surface area contributed by atoms with Gasteiger partial charge in [-0.05, 0) is 23.6 Å². The number of hydrogen-bond acceptors (Lipinski definition) is 2. The summed E-state index contributed by atoms with van der Waals surface area (Å²) < 4.78 is 0. The van der Waals surface area contributed by atoms with Gasteiger partial charge in [0.25, 0.3) is 0 Å². The Bertz CT molecular complexity index is 440. The number of halogens is 2. The molecule has 0 aromatic heterocycles. The summed E-state index contributed by atoms with van der Waals surface area (Å²) in [4.78, 5) is 4.34. The van der Waals surface area contributed by atoms with E-state index in [1.54, 1.807) is 0 Å². The summed E-state index contributed by atoms with van der Waals surface area (Å²) in [7, 11) is 0. The van der Waals surface area contributed by atoms with Gasteiger partial charge in [0.15, 0.2) is 5.29 Å². The van der Waals surface area contributed by atoms with Crippen molar-refractivity contribution in [1.82, 2.24) is 5.32 Å². The van der Waals surface area contributed by atoms with E-state index in [1.165, 1.54) is 0 Å². The second-order valence-corrected chi connectivity index (χ2v) is 4.77. The van der Waals surface area contributed by atoms with Gasteiger partial charge in [-0.2, -0.15) is 0 Å². The fraction of sp³-hybridized carbons (Fsp3) is 0.308. The molecule has 1 N–H and O–H groups in total. The highest BCUT2D eigenvalue weighted by Crippen LogP contribution is 2.25. The van der Waals surface area contributed by atoms with Crippen LogP contribution in [0.5, 0.6) is 0 Å². The van der Waals surface area contributed by atoms with Gasteiger partial charge in [-0.1, -0.05) is 54.9 Å². The van der Waals surface area contributed by atoms with Crippen LogP contribution in [0.4, 0.5) is 0 Å². The number of hydrogen-bond donors (Lipinski definition) is 1. The monoisotopic (exact) mass is 268 g/mol. The Morgan fingerprint density at radius 1 is 1.29 bits per heavy atom. The zero-order valence-corrected chi connectivity index (χ0v) is 11.0. The van der Waals surface area contributed by atoms with Gasteiger partial charge >= 0.3 is 0 Å². The van der Waals surface area contributed by atoms with Crippen molar-refractivity contribution in [3.05, 3.63) is 42.0 Å². The van der Waals surface area contributed by atoms with Crippen molar-refractivity contribution in [2.45, 2.75) is 18.8 Å². The van der Waals surface area contributed by atoms with Crippen molar-refractivity contribution >= 4 is 34.2 Å². The van der Waals surface area contributed by atoms with Crippen molar-refractivity contribution in [3.63, 3.8) is 0 Å². The molecule has 2 rings (SSSR count). The highest BCUT2D eigenvalue weighted by atomic mass is 35.5. The van der Waals surface area contributed by atoms with Gasteiger partial charge in [0.2, 0.25) is 0 Å². The molecule has 0 amide bonds. The molecule has 90 valence electrons. The van der Waals surface area contributed by atoms with Gasteiger partial charge in [0.1, 0.15) is 5.50 Å². The summed E-state index contributed by atoms with van der Waals surface area (Å²) in [6.45, 7) is 2.10. The second kappa shape index (κ2) is 5.56. The molecule has 17 heavy (non-hydrogen) atoms. The minimum atomic E-state index is -0.211. The molecule has 0 saturated heterocycles. The molecule has 1 aromatic rings. The highest BCUT2D eigenvalue weighted by Gasteiger charge is 2.20. The fourth-order valence-electron chi connectivity index (χ4n) is 1.78. The average molecular weight is 269 g/mol. The summed E-state index contributed by atoms with van der Waals surface area (Å²) in [5, 5.41) is 3.31. The van der Waals surface area contributed by atoms with E-state index in [2.05, 4.69) is 23.3 Å². The van der Waals surface area contributed by atoms with Crippen LogP contribution in [0.25, 0.3) is 5.70 Å². The predicted octanol–water partition coefficient (Wildman–Crippen LogP) is 3.82. The normalized spacial score (nSPS) is 24.4. The second-order valence-electron chi connectivity index (χ2n) is 3.94. The van der Waals surface area contributed by atoms with Crippen LogP contribution in [0, 0.1) is 5.92 Å². The minimum Gasteiger partial charge on any atom is -0.344 e. The molecule has 0 fully saturated rings. The lowest BCUT2D eigenvalue weighted by Crippen LogP contribution is -2.31.